The summed E-state index contributed by atoms with van der Waals surface area (Å²) in [7, 11) is 0. The normalized spacial score (nSPS) is 22.4. The summed E-state index contributed by atoms with van der Waals surface area (Å²) >= 11 is 0. The van der Waals surface area contributed by atoms with E-state index in [4.69, 9.17) is 9.47 Å². The fourth-order valence-electron chi connectivity index (χ4n) is 2.85. The molecule has 0 N–H and O–H groups in total. The van der Waals surface area contributed by atoms with E-state index >= 15 is 0 Å². The maximum atomic E-state index is 5.91. The zero-order valence-corrected chi connectivity index (χ0v) is 9.79. The molecule has 0 fully saturated rings. The fraction of sp³-hybridized carbons (Fsp3) is 0.571. The van der Waals surface area contributed by atoms with E-state index in [9.17, 15) is 0 Å². The van der Waals surface area contributed by atoms with Gasteiger partial charge in [0.15, 0.2) is 0 Å². The molecule has 16 heavy (non-hydrogen) atoms. The highest BCUT2D eigenvalue weighted by atomic mass is 16.5. The second-order valence-electron chi connectivity index (χ2n) is 4.61. The van der Waals surface area contributed by atoms with Crippen LogP contribution in [-0.2, 0) is 17.6 Å². The van der Waals surface area contributed by atoms with Gasteiger partial charge in [-0.3, -0.25) is 0 Å². The number of hydrogen-bond acceptors (Lipinski definition) is 2. The summed E-state index contributed by atoms with van der Waals surface area (Å²) in [6.07, 6.45) is 4.73. The van der Waals surface area contributed by atoms with Crippen LogP contribution in [0.4, 0.5) is 0 Å². The Morgan fingerprint density at radius 3 is 3.06 bits per heavy atom. The van der Waals surface area contributed by atoms with Crippen LogP contribution in [0.5, 0.6) is 5.75 Å². The molecule has 1 atom stereocenters. The summed E-state index contributed by atoms with van der Waals surface area (Å²) in [5.41, 5.74) is 4.34. The van der Waals surface area contributed by atoms with Gasteiger partial charge >= 0.3 is 0 Å². The van der Waals surface area contributed by atoms with E-state index in [1.165, 1.54) is 23.1 Å². The van der Waals surface area contributed by atoms with E-state index in [1.807, 2.05) is 0 Å². The maximum Gasteiger partial charge on any atom is 0.123 e. The van der Waals surface area contributed by atoms with Crippen LogP contribution in [0, 0.1) is 0 Å². The van der Waals surface area contributed by atoms with E-state index in [1.54, 1.807) is 0 Å². The number of hydrogen-bond donors (Lipinski definition) is 0. The first-order chi connectivity index (χ1) is 7.90. The van der Waals surface area contributed by atoms with Crippen LogP contribution in [0.1, 0.15) is 42.6 Å². The van der Waals surface area contributed by atoms with Crippen molar-refractivity contribution in [1.29, 1.82) is 0 Å². The van der Waals surface area contributed by atoms with Crippen molar-refractivity contribution in [1.82, 2.24) is 0 Å². The summed E-state index contributed by atoms with van der Waals surface area (Å²) in [4.78, 5) is 0. The molecule has 2 heterocycles. The van der Waals surface area contributed by atoms with Gasteiger partial charge in [-0.1, -0.05) is 19.4 Å². The summed E-state index contributed by atoms with van der Waals surface area (Å²) in [6, 6.07) is 4.36. The second-order valence-corrected chi connectivity index (χ2v) is 4.61. The number of benzene rings is 1. The molecule has 1 aromatic rings. The molecule has 0 radical (unpaired) electrons. The molecule has 2 aliphatic rings. The highest BCUT2D eigenvalue weighted by Crippen LogP contribution is 2.39. The standard InChI is InChI=1S/C14H18O2/c1-2-3-13-14-10(6-8-16-13)4-5-12-11(14)7-9-15-12/h4-5,13H,2-3,6-9H2,1H3/t13-/m0/s1. The van der Waals surface area contributed by atoms with Gasteiger partial charge in [0.25, 0.3) is 0 Å². The lowest BCUT2D eigenvalue weighted by Crippen LogP contribution is -2.17. The molecule has 1 aromatic carbocycles. The van der Waals surface area contributed by atoms with Crippen LogP contribution >= 0.6 is 0 Å². The Morgan fingerprint density at radius 2 is 2.19 bits per heavy atom. The monoisotopic (exact) mass is 218 g/mol. The van der Waals surface area contributed by atoms with Gasteiger partial charge in [-0.15, -0.1) is 0 Å². The third kappa shape index (κ3) is 1.52. The smallest absolute Gasteiger partial charge is 0.123 e. The van der Waals surface area contributed by atoms with Crippen molar-refractivity contribution < 1.29 is 9.47 Å². The molecule has 0 saturated carbocycles. The highest BCUT2D eigenvalue weighted by Gasteiger charge is 2.27. The van der Waals surface area contributed by atoms with E-state index in [0.29, 0.717) is 6.10 Å². The molecule has 0 unspecified atom stereocenters. The highest BCUT2D eigenvalue weighted by molar-refractivity contribution is 5.49. The van der Waals surface area contributed by atoms with Gasteiger partial charge < -0.3 is 9.47 Å². The summed E-state index contributed by atoms with van der Waals surface area (Å²) in [5, 5.41) is 0. The van der Waals surface area contributed by atoms with Crippen LogP contribution in [0.25, 0.3) is 0 Å². The Hall–Kier alpha value is -1.02. The predicted octanol–water partition coefficient (Wildman–Crippen LogP) is 3.04. The minimum atomic E-state index is 0.311. The molecular weight excluding hydrogens is 200 g/mol. The lowest BCUT2D eigenvalue weighted by atomic mass is 9.89. The molecule has 86 valence electrons. The number of fused-ring (bicyclic) bond motifs is 3. The van der Waals surface area contributed by atoms with Crippen molar-refractivity contribution in [3.8, 4) is 5.75 Å². The lowest BCUT2D eigenvalue weighted by Gasteiger charge is -2.27. The van der Waals surface area contributed by atoms with Gasteiger partial charge in [-0.25, -0.2) is 0 Å². The average molecular weight is 218 g/mol. The Balaban J connectivity index is 2.06. The van der Waals surface area contributed by atoms with Crippen LogP contribution in [0.15, 0.2) is 12.1 Å². The zero-order valence-electron chi connectivity index (χ0n) is 9.79. The van der Waals surface area contributed by atoms with E-state index in [2.05, 4.69) is 19.1 Å². The molecule has 0 saturated heterocycles. The first-order valence-corrected chi connectivity index (χ1v) is 6.29. The predicted molar refractivity (Wildman–Crippen MR) is 62.9 cm³/mol. The Morgan fingerprint density at radius 1 is 1.25 bits per heavy atom. The van der Waals surface area contributed by atoms with Crippen molar-refractivity contribution in [2.45, 2.75) is 38.7 Å². The zero-order chi connectivity index (χ0) is 11.0. The third-order valence-corrected chi connectivity index (χ3v) is 3.58. The summed E-state index contributed by atoms with van der Waals surface area (Å²) in [6.45, 7) is 3.93. The van der Waals surface area contributed by atoms with Gasteiger partial charge in [0.05, 0.1) is 19.3 Å². The maximum absolute atomic E-state index is 5.91. The van der Waals surface area contributed by atoms with Gasteiger partial charge in [-0.05, 0) is 30.0 Å². The molecule has 0 aromatic heterocycles. The van der Waals surface area contributed by atoms with Gasteiger partial charge in [-0.2, -0.15) is 0 Å². The number of ether oxygens (including phenoxy) is 2. The first-order valence-electron chi connectivity index (χ1n) is 6.29. The molecule has 2 heteroatoms. The topological polar surface area (TPSA) is 18.5 Å². The minimum absolute atomic E-state index is 0.311. The molecule has 2 aliphatic heterocycles. The second kappa shape index (κ2) is 4.10. The summed E-state index contributed by atoms with van der Waals surface area (Å²) < 4.78 is 11.5. The average Bonchev–Trinajstić information content (AvgIpc) is 2.77. The van der Waals surface area contributed by atoms with Gasteiger partial charge in [0.2, 0.25) is 0 Å². The largest absolute Gasteiger partial charge is 0.493 e. The van der Waals surface area contributed by atoms with Crippen molar-refractivity contribution in [3.05, 3.63) is 28.8 Å². The Bertz CT molecular complexity index is 398. The lowest BCUT2D eigenvalue weighted by molar-refractivity contribution is 0.0355. The number of rotatable bonds is 2. The van der Waals surface area contributed by atoms with Crippen LogP contribution in [0.2, 0.25) is 0 Å². The van der Waals surface area contributed by atoms with Gasteiger partial charge in [0.1, 0.15) is 5.75 Å². The SMILES string of the molecule is CCC[C@@H]1OCCc2ccc3c(c21)CCO3. The summed E-state index contributed by atoms with van der Waals surface area (Å²) in [5.74, 6) is 1.09. The van der Waals surface area contributed by atoms with Crippen molar-refractivity contribution in [2.75, 3.05) is 13.2 Å². The quantitative estimate of drug-likeness (QED) is 0.759. The molecule has 3 rings (SSSR count). The van der Waals surface area contributed by atoms with Crippen LogP contribution < -0.4 is 4.74 Å². The van der Waals surface area contributed by atoms with Crippen LogP contribution in [-0.4, -0.2) is 13.2 Å². The van der Waals surface area contributed by atoms with Crippen LogP contribution in [0.3, 0.4) is 0 Å². The van der Waals surface area contributed by atoms with Crippen molar-refractivity contribution in [2.24, 2.45) is 0 Å². The van der Waals surface area contributed by atoms with Gasteiger partial charge in [0, 0.05) is 12.0 Å². The van der Waals surface area contributed by atoms with E-state index in [-0.39, 0.29) is 0 Å². The third-order valence-electron chi connectivity index (χ3n) is 3.58. The van der Waals surface area contributed by atoms with E-state index in [0.717, 1.165) is 38.2 Å². The minimum Gasteiger partial charge on any atom is -0.493 e. The molecular formula is C14H18O2. The molecule has 0 spiro atoms. The first kappa shape index (κ1) is 10.2. The van der Waals surface area contributed by atoms with Crippen molar-refractivity contribution >= 4 is 0 Å². The fourth-order valence-corrected chi connectivity index (χ4v) is 2.85. The van der Waals surface area contributed by atoms with E-state index < -0.39 is 0 Å². The van der Waals surface area contributed by atoms with Crippen molar-refractivity contribution in [3.63, 3.8) is 0 Å². The Labute approximate surface area is 96.6 Å². The molecule has 0 aliphatic carbocycles. The molecule has 2 nitrogen and oxygen atoms in total. The Kier molecular flexibility index (Phi) is 2.60. The molecule has 0 amide bonds. The molecule has 0 bridgehead atoms.